The second-order valence-corrected chi connectivity index (χ2v) is 5.55. The summed E-state index contributed by atoms with van der Waals surface area (Å²) >= 11 is 0. The molecule has 2 aromatic rings. The molecule has 5 nitrogen and oxygen atoms in total. The highest BCUT2D eigenvalue weighted by Gasteiger charge is 2.15. The molecule has 0 amide bonds. The lowest BCUT2D eigenvalue weighted by Gasteiger charge is -2.15. The van der Waals surface area contributed by atoms with Crippen molar-refractivity contribution in [2.75, 3.05) is 28.1 Å². The molecule has 0 fully saturated rings. The van der Waals surface area contributed by atoms with Gasteiger partial charge >= 0.3 is 0 Å². The van der Waals surface area contributed by atoms with Crippen LogP contribution in [0.5, 0.6) is 28.7 Å². The van der Waals surface area contributed by atoms with Crippen LogP contribution in [0.25, 0.3) is 0 Å². The number of aryl methyl sites for hydroxylation is 1. The van der Waals surface area contributed by atoms with Crippen LogP contribution in [-0.4, -0.2) is 28.1 Å². The predicted molar refractivity (Wildman–Crippen MR) is 90.7 cm³/mol. The average molecular weight is 330 g/mol. The molecule has 5 heteroatoms. The van der Waals surface area contributed by atoms with E-state index in [2.05, 4.69) is 6.07 Å². The number of hydrogen-bond acceptors (Lipinski definition) is 5. The lowest BCUT2D eigenvalue weighted by Crippen LogP contribution is -1.99. The van der Waals surface area contributed by atoms with Crippen molar-refractivity contribution >= 4 is 0 Å². The van der Waals surface area contributed by atoms with Gasteiger partial charge in [0, 0.05) is 17.7 Å². The Hall–Kier alpha value is -2.56. The van der Waals surface area contributed by atoms with Crippen LogP contribution in [0.3, 0.4) is 0 Å². The second kappa shape index (κ2) is 7.34. The van der Waals surface area contributed by atoms with Crippen LogP contribution in [0.15, 0.2) is 30.3 Å². The minimum Gasteiger partial charge on any atom is -0.496 e. The summed E-state index contributed by atoms with van der Waals surface area (Å²) < 4.78 is 27.0. The zero-order chi connectivity index (χ0) is 16.9. The fourth-order valence-corrected chi connectivity index (χ4v) is 2.89. The van der Waals surface area contributed by atoms with Gasteiger partial charge in [-0.2, -0.15) is 0 Å². The van der Waals surface area contributed by atoms with Crippen molar-refractivity contribution in [3.05, 3.63) is 41.5 Å². The molecule has 1 aliphatic heterocycles. The maximum atomic E-state index is 5.50. The van der Waals surface area contributed by atoms with Crippen molar-refractivity contribution in [3.8, 4) is 28.7 Å². The first-order chi connectivity index (χ1) is 11.7. The van der Waals surface area contributed by atoms with Crippen molar-refractivity contribution in [1.29, 1.82) is 0 Å². The smallest absolute Gasteiger partial charge is 0.231 e. The Morgan fingerprint density at radius 1 is 0.833 bits per heavy atom. The van der Waals surface area contributed by atoms with E-state index >= 15 is 0 Å². The summed E-state index contributed by atoms with van der Waals surface area (Å²) in [6.07, 6.45) is 2.76. The Morgan fingerprint density at radius 3 is 2.21 bits per heavy atom. The van der Waals surface area contributed by atoms with Crippen LogP contribution in [-0.2, 0) is 12.8 Å². The van der Waals surface area contributed by atoms with E-state index in [1.54, 1.807) is 21.3 Å². The van der Waals surface area contributed by atoms with E-state index in [1.165, 1.54) is 5.56 Å². The van der Waals surface area contributed by atoms with Crippen LogP contribution in [0.2, 0.25) is 0 Å². The van der Waals surface area contributed by atoms with Crippen LogP contribution >= 0.6 is 0 Å². The normalized spacial score (nSPS) is 12.1. The quantitative estimate of drug-likeness (QED) is 0.776. The number of methoxy groups -OCH3 is 3. The van der Waals surface area contributed by atoms with Gasteiger partial charge in [0.1, 0.15) is 17.2 Å². The van der Waals surface area contributed by atoms with Crippen LogP contribution in [0.4, 0.5) is 0 Å². The molecule has 2 aromatic carbocycles. The van der Waals surface area contributed by atoms with E-state index in [0.717, 1.165) is 53.6 Å². The Labute approximate surface area is 142 Å². The van der Waals surface area contributed by atoms with Crippen LogP contribution in [0, 0.1) is 0 Å². The fraction of sp³-hybridized carbons (Fsp3) is 0.368. The minimum absolute atomic E-state index is 0.305. The Morgan fingerprint density at radius 2 is 1.54 bits per heavy atom. The number of fused-ring (bicyclic) bond motifs is 1. The van der Waals surface area contributed by atoms with Crippen molar-refractivity contribution in [1.82, 2.24) is 0 Å². The highest BCUT2D eigenvalue weighted by atomic mass is 16.7. The van der Waals surface area contributed by atoms with Gasteiger partial charge in [-0.15, -0.1) is 0 Å². The first-order valence-electron chi connectivity index (χ1n) is 7.92. The monoisotopic (exact) mass is 330 g/mol. The molecule has 0 N–H and O–H groups in total. The third-order valence-corrected chi connectivity index (χ3v) is 4.15. The Kier molecular flexibility index (Phi) is 4.99. The van der Waals surface area contributed by atoms with Gasteiger partial charge in [-0.3, -0.25) is 0 Å². The third kappa shape index (κ3) is 3.35. The van der Waals surface area contributed by atoms with E-state index in [1.807, 2.05) is 24.3 Å². The second-order valence-electron chi connectivity index (χ2n) is 5.55. The standard InChI is InChI=1S/C19H22O5/c1-20-14-10-17(21-2)15(18(11-14)22-3)6-4-5-13-7-8-16-19(9-13)24-12-23-16/h7-11H,4-6,12H2,1-3H3. The van der Waals surface area contributed by atoms with Crippen LogP contribution in [0.1, 0.15) is 17.5 Å². The topological polar surface area (TPSA) is 46.2 Å². The summed E-state index contributed by atoms with van der Waals surface area (Å²) in [5.74, 6) is 3.95. The van der Waals surface area contributed by atoms with Crippen molar-refractivity contribution < 1.29 is 23.7 Å². The summed E-state index contributed by atoms with van der Waals surface area (Å²) in [5, 5.41) is 0. The molecule has 0 aliphatic carbocycles. The molecule has 0 bridgehead atoms. The molecule has 0 saturated heterocycles. The molecular formula is C19H22O5. The maximum Gasteiger partial charge on any atom is 0.231 e. The van der Waals surface area contributed by atoms with Gasteiger partial charge in [0.2, 0.25) is 6.79 Å². The van der Waals surface area contributed by atoms with Crippen molar-refractivity contribution in [2.45, 2.75) is 19.3 Å². The number of rotatable bonds is 7. The molecule has 3 rings (SSSR count). The first kappa shape index (κ1) is 16.3. The lowest BCUT2D eigenvalue weighted by molar-refractivity contribution is 0.174. The Balaban J connectivity index is 1.70. The molecule has 0 saturated carbocycles. The average Bonchev–Trinajstić information content (AvgIpc) is 3.09. The van der Waals surface area contributed by atoms with Gasteiger partial charge < -0.3 is 23.7 Å². The zero-order valence-corrected chi connectivity index (χ0v) is 14.3. The van der Waals surface area contributed by atoms with Crippen molar-refractivity contribution in [2.24, 2.45) is 0 Å². The molecule has 128 valence electrons. The maximum absolute atomic E-state index is 5.50. The zero-order valence-electron chi connectivity index (χ0n) is 14.3. The van der Waals surface area contributed by atoms with E-state index in [9.17, 15) is 0 Å². The predicted octanol–water partition coefficient (Wildman–Crippen LogP) is 3.62. The van der Waals surface area contributed by atoms with E-state index in [0.29, 0.717) is 6.79 Å². The lowest BCUT2D eigenvalue weighted by atomic mass is 10.0. The van der Waals surface area contributed by atoms with E-state index in [-0.39, 0.29) is 0 Å². The number of benzene rings is 2. The van der Waals surface area contributed by atoms with Crippen LogP contribution < -0.4 is 23.7 Å². The minimum atomic E-state index is 0.305. The van der Waals surface area contributed by atoms with E-state index < -0.39 is 0 Å². The highest BCUT2D eigenvalue weighted by Crippen LogP contribution is 2.36. The molecule has 0 unspecified atom stereocenters. The molecule has 0 spiro atoms. The molecule has 24 heavy (non-hydrogen) atoms. The summed E-state index contributed by atoms with van der Waals surface area (Å²) in [5.41, 5.74) is 2.28. The van der Waals surface area contributed by atoms with Gasteiger partial charge in [0.25, 0.3) is 0 Å². The molecule has 0 radical (unpaired) electrons. The molecular weight excluding hydrogens is 308 g/mol. The van der Waals surface area contributed by atoms with Gasteiger partial charge in [-0.05, 0) is 37.0 Å². The summed E-state index contributed by atoms with van der Waals surface area (Å²) in [4.78, 5) is 0. The van der Waals surface area contributed by atoms with E-state index in [4.69, 9.17) is 23.7 Å². The first-order valence-corrected chi connectivity index (χ1v) is 7.92. The number of ether oxygens (including phenoxy) is 5. The molecule has 0 aromatic heterocycles. The molecule has 0 atom stereocenters. The molecule has 1 heterocycles. The molecule has 1 aliphatic rings. The highest BCUT2D eigenvalue weighted by molar-refractivity contribution is 5.51. The summed E-state index contributed by atoms with van der Waals surface area (Å²) in [6, 6.07) is 9.86. The van der Waals surface area contributed by atoms with Crippen molar-refractivity contribution in [3.63, 3.8) is 0 Å². The summed E-state index contributed by atoms with van der Waals surface area (Å²) in [6.45, 7) is 0.305. The van der Waals surface area contributed by atoms with Gasteiger partial charge in [-0.25, -0.2) is 0 Å². The summed E-state index contributed by atoms with van der Waals surface area (Å²) in [7, 11) is 4.96. The Bertz CT molecular complexity index is 686. The largest absolute Gasteiger partial charge is 0.496 e. The fourth-order valence-electron chi connectivity index (χ4n) is 2.89. The third-order valence-electron chi connectivity index (χ3n) is 4.15. The van der Waals surface area contributed by atoms with Gasteiger partial charge in [-0.1, -0.05) is 6.07 Å². The SMILES string of the molecule is COc1cc(OC)c(CCCc2ccc3c(c2)OCO3)c(OC)c1. The van der Waals surface area contributed by atoms with Gasteiger partial charge in [0.15, 0.2) is 11.5 Å². The van der Waals surface area contributed by atoms with Gasteiger partial charge in [0.05, 0.1) is 21.3 Å². The number of hydrogen-bond donors (Lipinski definition) is 0.